The third-order valence-corrected chi connectivity index (χ3v) is 5.34. The molecule has 10 nitrogen and oxygen atoms in total. The van der Waals surface area contributed by atoms with E-state index < -0.39 is 17.2 Å². The van der Waals surface area contributed by atoms with Gasteiger partial charge in [-0.05, 0) is 24.0 Å². The van der Waals surface area contributed by atoms with Crippen molar-refractivity contribution in [3.8, 4) is 0 Å². The van der Waals surface area contributed by atoms with Crippen molar-refractivity contribution in [1.29, 1.82) is 0 Å². The van der Waals surface area contributed by atoms with Crippen LogP contribution in [0.4, 0.5) is 11.5 Å². The zero-order chi connectivity index (χ0) is 23.6. The summed E-state index contributed by atoms with van der Waals surface area (Å²) in [5.74, 6) is -0.423. The first-order chi connectivity index (χ1) is 15.1. The molecule has 0 radical (unpaired) electrons. The Bertz CT molecular complexity index is 1080. The van der Waals surface area contributed by atoms with E-state index in [1.807, 2.05) is 27.7 Å². The number of nitrogens with one attached hydrogen (secondary N) is 1. The van der Waals surface area contributed by atoms with E-state index in [0.29, 0.717) is 12.3 Å². The number of hydrogen-bond acceptors (Lipinski definition) is 6. The van der Waals surface area contributed by atoms with Gasteiger partial charge in [-0.3, -0.25) is 23.9 Å². The second-order valence-electron chi connectivity index (χ2n) is 9.09. The molecule has 0 saturated carbocycles. The molecule has 1 aliphatic rings. The molecule has 174 valence electrons. The van der Waals surface area contributed by atoms with Crippen LogP contribution >= 0.6 is 0 Å². The quantitative estimate of drug-likeness (QED) is 0.631. The number of anilines is 2. The number of furan rings is 1. The third kappa shape index (κ3) is 4.95. The minimum absolute atomic E-state index is 0.0274. The number of H-pyrrole nitrogens is 1. The number of amides is 2. The highest BCUT2D eigenvalue weighted by Gasteiger charge is 2.38. The molecule has 3 rings (SSSR count). The topological polar surface area (TPSA) is 135 Å². The highest BCUT2D eigenvalue weighted by Crippen LogP contribution is 2.27. The van der Waals surface area contributed by atoms with E-state index in [9.17, 15) is 19.2 Å². The Hall–Kier alpha value is -3.30. The number of likely N-dealkylation sites (tertiary alicyclic amines) is 1. The van der Waals surface area contributed by atoms with Gasteiger partial charge in [0.15, 0.2) is 5.69 Å². The Balaban J connectivity index is 1.93. The monoisotopic (exact) mass is 445 g/mol. The lowest BCUT2D eigenvalue weighted by Gasteiger charge is -2.28. The summed E-state index contributed by atoms with van der Waals surface area (Å²) in [6.45, 7) is 8.70. The number of rotatable bonds is 8. The fourth-order valence-corrected chi connectivity index (χ4v) is 3.94. The van der Waals surface area contributed by atoms with Gasteiger partial charge >= 0.3 is 5.69 Å². The summed E-state index contributed by atoms with van der Waals surface area (Å²) in [5, 5.41) is 0. The number of carbonyl (C=O) groups excluding carboxylic acids is 2. The average molecular weight is 446 g/mol. The smallest absolute Gasteiger partial charge is 0.330 e. The molecule has 1 saturated heterocycles. The molecule has 2 amide bonds. The summed E-state index contributed by atoms with van der Waals surface area (Å²) in [6, 6.07) is 3.51. The van der Waals surface area contributed by atoms with Crippen molar-refractivity contribution in [3.05, 3.63) is 45.0 Å². The van der Waals surface area contributed by atoms with Crippen LogP contribution in [0.2, 0.25) is 0 Å². The van der Waals surface area contributed by atoms with Gasteiger partial charge in [0.05, 0.1) is 18.7 Å². The van der Waals surface area contributed by atoms with Crippen LogP contribution in [0.15, 0.2) is 32.4 Å². The van der Waals surface area contributed by atoms with Gasteiger partial charge in [-0.25, -0.2) is 4.79 Å². The molecule has 0 bridgehead atoms. The number of nitrogens with zero attached hydrogens (tertiary/aromatic N) is 3. The second kappa shape index (κ2) is 9.46. The molecule has 2 aromatic rings. The molecule has 0 aromatic carbocycles. The average Bonchev–Trinajstić information content (AvgIpc) is 3.33. The number of nitrogen functional groups attached to an aromatic ring is 1. The predicted octanol–water partition coefficient (Wildman–Crippen LogP) is 1.41. The molecule has 10 heteroatoms. The summed E-state index contributed by atoms with van der Waals surface area (Å²) in [5.41, 5.74) is 4.89. The van der Waals surface area contributed by atoms with E-state index in [1.54, 1.807) is 17.0 Å². The van der Waals surface area contributed by atoms with Gasteiger partial charge < -0.3 is 20.0 Å². The molecular weight excluding hydrogens is 414 g/mol. The molecule has 1 unspecified atom stereocenters. The lowest BCUT2D eigenvalue weighted by atomic mass is 10.1. The van der Waals surface area contributed by atoms with E-state index >= 15 is 0 Å². The molecule has 0 aliphatic carbocycles. The summed E-state index contributed by atoms with van der Waals surface area (Å²) in [7, 11) is 0. The normalized spacial score (nSPS) is 16.4. The predicted molar refractivity (Wildman–Crippen MR) is 120 cm³/mol. The Morgan fingerprint density at radius 2 is 1.97 bits per heavy atom. The number of nitrogens with two attached hydrogens (primary N) is 1. The number of hydrogen-bond donors (Lipinski definition) is 2. The fourth-order valence-electron chi connectivity index (χ4n) is 3.94. The van der Waals surface area contributed by atoms with Gasteiger partial charge in [0, 0.05) is 26.1 Å². The van der Waals surface area contributed by atoms with Crippen LogP contribution in [-0.4, -0.2) is 39.4 Å². The summed E-state index contributed by atoms with van der Waals surface area (Å²) in [6.07, 6.45) is 1.57. The largest absolute Gasteiger partial charge is 0.467 e. The van der Waals surface area contributed by atoms with Crippen molar-refractivity contribution in [2.45, 2.75) is 47.2 Å². The lowest BCUT2D eigenvalue weighted by Crippen LogP contribution is -2.45. The first-order valence-electron chi connectivity index (χ1n) is 10.8. The summed E-state index contributed by atoms with van der Waals surface area (Å²) in [4.78, 5) is 56.3. The molecule has 3 N–H and O–H groups in total. The van der Waals surface area contributed by atoms with Crippen molar-refractivity contribution in [2.24, 2.45) is 17.8 Å². The van der Waals surface area contributed by atoms with E-state index in [2.05, 4.69) is 4.98 Å². The minimum atomic E-state index is -0.710. The third-order valence-electron chi connectivity index (χ3n) is 5.34. The van der Waals surface area contributed by atoms with Gasteiger partial charge in [-0.2, -0.15) is 0 Å². The summed E-state index contributed by atoms with van der Waals surface area (Å²) >= 11 is 0. The summed E-state index contributed by atoms with van der Waals surface area (Å²) < 4.78 is 6.60. The standard InChI is InChI=1S/C22H31N5O5/c1-13(2)9-26(18-19(23)27(10-14(3)4)22(31)24-20(18)29)21(30)15-8-17(28)25(11-15)12-16-6-5-7-32-16/h5-7,13-15H,8-12,23H2,1-4H3,(H,24,29,31). The maximum Gasteiger partial charge on any atom is 0.330 e. The fraction of sp³-hybridized carbons (Fsp3) is 0.545. The number of aromatic nitrogens is 2. The van der Waals surface area contributed by atoms with Gasteiger partial charge in [-0.15, -0.1) is 0 Å². The Labute approximate surface area is 186 Å². The van der Waals surface area contributed by atoms with Crippen LogP contribution < -0.4 is 21.9 Å². The second-order valence-corrected chi connectivity index (χ2v) is 9.09. The maximum absolute atomic E-state index is 13.5. The molecule has 2 aromatic heterocycles. The van der Waals surface area contributed by atoms with Gasteiger partial charge in [0.25, 0.3) is 5.56 Å². The van der Waals surface area contributed by atoms with Gasteiger partial charge in [0.2, 0.25) is 11.8 Å². The Kier molecular flexibility index (Phi) is 6.90. The highest BCUT2D eigenvalue weighted by molar-refractivity contribution is 6.00. The Morgan fingerprint density at radius 3 is 2.56 bits per heavy atom. The lowest BCUT2D eigenvalue weighted by molar-refractivity contribution is -0.129. The molecular formula is C22H31N5O5. The van der Waals surface area contributed by atoms with Crippen LogP contribution in [0.25, 0.3) is 0 Å². The van der Waals surface area contributed by atoms with Gasteiger partial charge in [0.1, 0.15) is 11.6 Å². The molecule has 1 atom stereocenters. The van der Waals surface area contributed by atoms with Crippen molar-refractivity contribution < 1.29 is 14.0 Å². The number of carbonyl (C=O) groups is 2. The van der Waals surface area contributed by atoms with E-state index in [1.165, 1.54) is 15.7 Å². The molecule has 32 heavy (non-hydrogen) atoms. The number of aromatic amines is 1. The van der Waals surface area contributed by atoms with Gasteiger partial charge in [-0.1, -0.05) is 27.7 Å². The first kappa shape index (κ1) is 23.4. The van der Waals surface area contributed by atoms with Crippen LogP contribution in [0.5, 0.6) is 0 Å². The van der Waals surface area contributed by atoms with Crippen molar-refractivity contribution in [2.75, 3.05) is 23.7 Å². The van der Waals surface area contributed by atoms with Crippen molar-refractivity contribution in [3.63, 3.8) is 0 Å². The SMILES string of the molecule is CC(C)CN(C(=O)C1CC(=O)N(Cc2ccco2)C1)c1c(N)n(CC(C)C)c(=O)[nH]c1=O. The van der Waals surface area contributed by atoms with E-state index in [-0.39, 0.29) is 61.2 Å². The Morgan fingerprint density at radius 1 is 1.25 bits per heavy atom. The first-order valence-corrected chi connectivity index (χ1v) is 10.8. The van der Waals surface area contributed by atoms with Crippen molar-refractivity contribution in [1.82, 2.24) is 14.5 Å². The molecule has 1 aliphatic heterocycles. The van der Waals surface area contributed by atoms with E-state index in [0.717, 1.165) is 0 Å². The minimum Gasteiger partial charge on any atom is -0.467 e. The molecule has 3 heterocycles. The molecule has 1 fully saturated rings. The van der Waals surface area contributed by atoms with Crippen LogP contribution in [-0.2, 0) is 22.7 Å². The van der Waals surface area contributed by atoms with E-state index in [4.69, 9.17) is 10.2 Å². The maximum atomic E-state index is 13.5. The molecule has 0 spiro atoms. The van der Waals surface area contributed by atoms with Crippen LogP contribution in [0, 0.1) is 17.8 Å². The van der Waals surface area contributed by atoms with Crippen LogP contribution in [0.1, 0.15) is 39.9 Å². The van der Waals surface area contributed by atoms with Crippen LogP contribution in [0.3, 0.4) is 0 Å². The zero-order valence-electron chi connectivity index (χ0n) is 19.0. The van der Waals surface area contributed by atoms with Crippen molar-refractivity contribution >= 4 is 23.3 Å². The zero-order valence-corrected chi connectivity index (χ0v) is 19.0. The highest BCUT2D eigenvalue weighted by atomic mass is 16.3.